The Morgan fingerprint density at radius 2 is 1.79 bits per heavy atom. The van der Waals surface area contributed by atoms with Crippen molar-refractivity contribution >= 4 is 17.6 Å². The SMILES string of the molecule is Cc1cnc(C)c(N2CCN(C(=O)C3CCC(=O)N(C4CCCC4)C3)CC2)n1. The second-order valence-corrected chi connectivity index (χ2v) is 8.45. The molecule has 2 amide bonds. The first-order valence-corrected chi connectivity index (χ1v) is 10.7. The molecule has 1 aromatic rings. The molecule has 152 valence electrons. The number of hydrogen-bond acceptors (Lipinski definition) is 5. The summed E-state index contributed by atoms with van der Waals surface area (Å²) in [6.45, 7) is 7.53. The lowest BCUT2D eigenvalue weighted by Gasteiger charge is -2.40. The van der Waals surface area contributed by atoms with E-state index in [0.29, 0.717) is 38.5 Å². The molecule has 0 N–H and O–H groups in total. The smallest absolute Gasteiger partial charge is 0.227 e. The van der Waals surface area contributed by atoms with E-state index in [4.69, 9.17) is 0 Å². The molecule has 0 aromatic carbocycles. The third-order valence-electron chi connectivity index (χ3n) is 6.50. The van der Waals surface area contributed by atoms with Crippen molar-refractivity contribution in [1.29, 1.82) is 0 Å². The van der Waals surface area contributed by atoms with E-state index in [1.54, 1.807) is 6.20 Å². The highest BCUT2D eigenvalue weighted by molar-refractivity contribution is 5.84. The van der Waals surface area contributed by atoms with Crippen molar-refractivity contribution in [2.24, 2.45) is 5.92 Å². The zero-order valence-electron chi connectivity index (χ0n) is 17.1. The lowest BCUT2D eigenvalue weighted by Crippen LogP contribution is -2.54. The Morgan fingerprint density at radius 1 is 1.07 bits per heavy atom. The van der Waals surface area contributed by atoms with E-state index in [0.717, 1.165) is 43.1 Å². The van der Waals surface area contributed by atoms with Gasteiger partial charge < -0.3 is 14.7 Å². The van der Waals surface area contributed by atoms with Gasteiger partial charge in [-0.1, -0.05) is 12.8 Å². The number of piperazine rings is 1. The number of amides is 2. The normalized spacial score (nSPS) is 24.1. The Morgan fingerprint density at radius 3 is 2.50 bits per heavy atom. The van der Waals surface area contributed by atoms with E-state index in [-0.39, 0.29) is 17.7 Å². The molecular formula is C21H31N5O2. The number of carbonyl (C=O) groups excluding carboxylic acids is 2. The van der Waals surface area contributed by atoms with Crippen LogP contribution in [0.1, 0.15) is 49.9 Å². The summed E-state index contributed by atoms with van der Waals surface area (Å²) in [4.78, 5) is 40.8. The molecule has 7 heteroatoms. The van der Waals surface area contributed by atoms with Crippen LogP contribution in [0, 0.1) is 19.8 Å². The molecule has 0 radical (unpaired) electrons. The van der Waals surface area contributed by atoms with Crippen LogP contribution < -0.4 is 4.90 Å². The van der Waals surface area contributed by atoms with Crippen LogP contribution in [-0.2, 0) is 9.59 Å². The van der Waals surface area contributed by atoms with Crippen LogP contribution in [-0.4, -0.2) is 70.3 Å². The number of nitrogens with zero attached hydrogens (tertiary/aromatic N) is 5. The molecule has 1 atom stereocenters. The van der Waals surface area contributed by atoms with Crippen LogP contribution in [0.4, 0.5) is 5.82 Å². The van der Waals surface area contributed by atoms with Crippen molar-refractivity contribution in [3.63, 3.8) is 0 Å². The quantitative estimate of drug-likeness (QED) is 0.795. The van der Waals surface area contributed by atoms with Gasteiger partial charge in [-0.2, -0.15) is 0 Å². The average Bonchev–Trinajstić information content (AvgIpc) is 3.24. The first kappa shape index (κ1) is 19.2. The van der Waals surface area contributed by atoms with Crippen LogP contribution in [0.15, 0.2) is 6.20 Å². The lowest BCUT2D eigenvalue weighted by molar-refractivity contribution is -0.145. The Labute approximate surface area is 167 Å². The molecule has 2 aliphatic heterocycles. The summed E-state index contributed by atoms with van der Waals surface area (Å²) in [5.41, 5.74) is 1.85. The summed E-state index contributed by atoms with van der Waals surface area (Å²) >= 11 is 0. The Kier molecular flexibility index (Phi) is 5.51. The van der Waals surface area contributed by atoms with Crippen molar-refractivity contribution in [2.45, 2.75) is 58.4 Å². The number of anilines is 1. The van der Waals surface area contributed by atoms with E-state index in [1.165, 1.54) is 12.8 Å². The zero-order chi connectivity index (χ0) is 19.7. The van der Waals surface area contributed by atoms with Gasteiger partial charge in [-0.15, -0.1) is 0 Å². The van der Waals surface area contributed by atoms with Gasteiger partial charge in [0.15, 0.2) is 0 Å². The van der Waals surface area contributed by atoms with Gasteiger partial charge in [-0.05, 0) is 33.1 Å². The lowest BCUT2D eigenvalue weighted by atomic mass is 9.94. The molecular weight excluding hydrogens is 354 g/mol. The molecule has 3 fully saturated rings. The van der Waals surface area contributed by atoms with E-state index in [2.05, 4.69) is 14.9 Å². The standard InChI is InChI=1S/C21H31N5O2/c1-15-13-22-16(2)20(23-15)24-9-11-25(12-10-24)21(28)17-7-8-19(27)26(14-17)18-5-3-4-6-18/h13,17-18H,3-12,14H2,1-2H3. The number of carbonyl (C=O) groups is 2. The molecule has 4 rings (SSSR count). The highest BCUT2D eigenvalue weighted by Crippen LogP contribution is 2.29. The fraction of sp³-hybridized carbons (Fsp3) is 0.714. The van der Waals surface area contributed by atoms with E-state index in [1.807, 2.05) is 23.6 Å². The highest BCUT2D eigenvalue weighted by Gasteiger charge is 2.37. The molecule has 0 spiro atoms. The molecule has 1 unspecified atom stereocenters. The van der Waals surface area contributed by atoms with Crippen molar-refractivity contribution in [2.75, 3.05) is 37.6 Å². The van der Waals surface area contributed by atoms with Crippen LogP contribution in [0.3, 0.4) is 0 Å². The summed E-state index contributed by atoms with van der Waals surface area (Å²) in [6.07, 6.45) is 7.62. The number of aromatic nitrogens is 2. The number of hydrogen-bond donors (Lipinski definition) is 0. The van der Waals surface area contributed by atoms with Crippen LogP contribution in [0.25, 0.3) is 0 Å². The molecule has 1 aliphatic carbocycles. The van der Waals surface area contributed by atoms with Gasteiger partial charge >= 0.3 is 0 Å². The van der Waals surface area contributed by atoms with Gasteiger partial charge in [0.25, 0.3) is 0 Å². The fourth-order valence-corrected chi connectivity index (χ4v) is 4.86. The van der Waals surface area contributed by atoms with Crippen LogP contribution >= 0.6 is 0 Å². The van der Waals surface area contributed by atoms with Gasteiger partial charge in [-0.3, -0.25) is 14.6 Å². The zero-order valence-corrected chi connectivity index (χ0v) is 17.1. The molecule has 1 aromatic heterocycles. The summed E-state index contributed by atoms with van der Waals surface area (Å²) in [6, 6.07) is 0.364. The maximum Gasteiger partial charge on any atom is 0.227 e. The molecule has 3 heterocycles. The number of likely N-dealkylation sites (tertiary alicyclic amines) is 1. The molecule has 7 nitrogen and oxygen atoms in total. The predicted molar refractivity (Wildman–Crippen MR) is 107 cm³/mol. The minimum absolute atomic E-state index is 0.0367. The maximum absolute atomic E-state index is 13.1. The fourth-order valence-electron chi connectivity index (χ4n) is 4.86. The summed E-state index contributed by atoms with van der Waals surface area (Å²) in [7, 11) is 0. The summed E-state index contributed by atoms with van der Waals surface area (Å²) in [5, 5.41) is 0. The van der Waals surface area contributed by atoms with Gasteiger partial charge in [0, 0.05) is 51.4 Å². The maximum atomic E-state index is 13.1. The van der Waals surface area contributed by atoms with Gasteiger partial charge in [0.2, 0.25) is 11.8 Å². The molecule has 1 saturated carbocycles. The topological polar surface area (TPSA) is 69.6 Å². The first-order valence-electron chi connectivity index (χ1n) is 10.7. The largest absolute Gasteiger partial charge is 0.352 e. The second kappa shape index (κ2) is 8.05. The monoisotopic (exact) mass is 385 g/mol. The highest BCUT2D eigenvalue weighted by atomic mass is 16.2. The molecule has 28 heavy (non-hydrogen) atoms. The van der Waals surface area contributed by atoms with Crippen molar-refractivity contribution in [3.05, 3.63) is 17.6 Å². The van der Waals surface area contributed by atoms with E-state index >= 15 is 0 Å². The summed E-state index contributed by atoms with van der Waals surface area (Å²) < 4.78 is 0. The number of aryl methyl sites for hydroxylation is 2. The van der Waals surface area contributed by atoms with Gasteiger partial charge in [0.1, 0.15) is 5.82 Å². The van der Waals surface area contributed by atoms with E-state index < -0.39 is 0 Å². The Hall–Kier alpha value is -2.18. The molecule has 0 bridgehead atoms. The second-order valence-electron chi connectivity index (χ2n) is 8.45. The minimum Gasteiger partial charge on any atom is -0.352 e. The third-order valence-corrected chi connectivity index (χ3v) is 6.50. The average molecular weight is 386 g/mol. The summed E-state index contributed by atoms with van der Waals surface area (Å²) in [5.74, 6) is 1.37. The Balaban J connectivity index is 1.36. The molecule has 3 aliphatic rings. The van der Waals surface area contributed by atoms with Gasteiger partial charge in [-0.25, -0.2) is 4.98 Å². The van der Waals surface area contributed by atoms with Crippen LogP contribution in [0.2, 0.25) is 0 Å². The number of piperidine rings is 1. The van der Waals surface area contributed by atoms with Crippen molar-refractivity contribution < 1.29 is 9.59 Å². The first-order chi connectivity index (χ1) is 13.5. The minimum atomic E-state index is -0.0367. The van der Waals surface area contributed by atoms with Crippen molar-refractivity contribution in [1.82, 2.24) is 19.8 Å². The van der Waals surface area contributed by atoms with Gasteiger partial charge in [0.05, 0.1) is 17.3 Å². The number of rotatable bonds is 3. The predicted octanol–water partition coefficient (Wildman–Crippen LogP) is 1.92. The van der Waals surface area contributed by atoms with E-state index in [9.17, 15) is 9.59 Å². The Bertz CT molecular complexity index is 738. The van der Waals surface area contributed by atoms with Crippen molar-refractivity contribution in [3.8, 4) is 0 Å². The molecule has 2 saturated heterocycles. The third kappa shape index (κ3) is 3.84. The van der Waals surface area contributed by atoms with Crippen LogP contribution in [0.5, 0.6) is 0 Å².